The minimum Gasteiger partial charge on any atom is -0.386 e. The van der Waals surface area contributed by atoms with Gasteiger partial charge in [-0.2, -0.15) is 0 Å². The zero-order chi connectivity index (χ0) is 14.8. The second-order valence-electron chi connectivity index (χ2n) is 4.97. The SMILES string of the molecule is Cc1ccc([N+](=O)[O-])cc1C(=O)NCC1(O)CCOC1. The highest BCUT2D eigenvalue weighted by molar-refractivity contribution is 5.96. The summed E-state index contributed by atoms with van der Waals surface area (Å²) in [4.78, 5) is 22.2. The minimum atomic E-state index is -1.05. The van der Waals surface area contributed by atoms with Crippen LogP contribution in [0.15, 0.2) is 18.2 Å². The highest BCUT2D eigenvalue weighted by atomic mass is 16.6. The summed E-state index contributed by atoms with van der Waals surface area (Å²) in [6.07, 6.45) is 0.460. The molecule has 1 saturated heterocycles. The standard InChI is InChI=1S/C13H16N2O5/c1-9-2-3-10(15(18)19)6-11(9)12(16)14-7-13(17)4-5-20-8-13/h2-3,6,17H,4-5,7-8H2,1H3,(H,14,16). The molecular formula is C13H16N2O5. The van der Waals surface area contributed by atoms with Crippen LogP contribution in [0, 0.1) is 17.0 Å². The molecule has 1 atom stereocenters. The van der Waals surface area contributed by atoms with E-state index in [1.807, 2.05) is 0 Å². The van der Waals surface area contributed by atoms with Gasteiger partial charge in [-0.05, 0) is 12.5 Å². The third-order valence-electron chi connectivity index (χ3n) is 3.34. The molecule has 20 heavy (non-hydrogen) atoms. The second kappa shape index (κ2) is 5.56. The summed E-state index contributed by atoms with van der Waals surface area (Å²) < 4.78 is 5.08. The van der Waals surface area contributed by atoms with E-state index in [0.717, 1.165) is 0 Å². The Morgan fingerprint density at radius 3 is 2.95 bits per heavy atom. The van der Waals surface area contributed by atoms with Crippen molar-refractivity contribution in [2.45, 2.75) is 18.9 Å². The van der Waals surface area contributed by atoms with Crippen LogP contribution in [-0.4, -0.2) is 41.3 Å². The lowest BCUT2D eigenvalue weighted by Gasteiger charge is -2.20. The maximum Gasteiger partial charge on any atom is 0.270 e. The molecule has 1 amide bonds. The molecule has 1 aromatic carbocycles. The molecule has 108 valence electrons. The molecule has 2 rings (SSSR count). The van der Waals surface area contributed by atoms with E-state index in [9.17, 15) is 20.0 Å². The zero-order valence-electron chi connectivity index (χ0n) is 11.1. The fourth-order valence-electron chi connectivity index (χ4n) is 2.04. The number of nitrogens with zero attached hydrogens (tertiary/aromatic N) is 1. The Morgan fingerprint density at radius 1 is 1.60 bits per heavy atom. The smallest absolute Gasteiger partial charge is 0.270 e. The van der Waals surface area contributed by atoms with Gasteiger partial charge in [0.15, 0.2) is 0 Å². The highest BCUT2D eigenvalue weighted by Gasteiger charge is 2.32. The Labute approximate surface area is 115 Å². The predicted octanol–water partition coefficient (Wildman–Crippen LogP) is 0.784. The van der Waals surface area contributed by atoms with Gasteiger partial charge in [-0.25, -0.2) is 0 Å². The van der Waals surface area contributed by atoms with E-state index in [2.05, 4.69) is 5.32 Å². The van der Waals surface area contributed by atoms with Gasteiger partial charge in [-0.1, -0.05) is 6.07 Å². The van der Waals surface area contributed by atoms with Gasteiger partial charge >= 0.3 is 0 Å². The van der Waals surface area contributed by atoms with Crippen LogP contribution in [0.1, 0.15) is 22.3 Å². The molecular weight excluding hydrogens is 264 g/mol. The fraction of sp³-hybridized carbons (Fsp3) is 0.462. The van der Waals surface area contributed by atoms with Crippen molar-refractivity contribution in [2.75, 3.05) is 19.8 Å². The van der Waals surface area contributed by atoms with Crippen molar-refractivity contribution < 1.29 is 19.6 Å². The molecule has 0 aliphatic carbocycles. The van der Waals surface area contributed by atoms with Gasteiger partial charge < -0.3 is 15.2 Å². The Kier molecular flexibility index (Phi) is 4.01. The zero-order valence-corrected chi connectivity index (χ0v) is 11.1. The van der Waals surface area contributed by atoms with Gasteiger partial charge in [-0.15, -0.1) is 0 Å². The summed E-state index contributed by atoms with van der Waals surface area (Å²) in [5, 5.41) is 23.4. The maximum absolute atomic E-state index is 12.1. The van der Waals surface area contributed by atoms with E-state index >= 15 is 0 Å². The number of nitro groups is 1. The van der Waals surface area contributed by atoms with Crippen LogP contribution in [0.3, 0.4) is 0 Å². The van der Waals surface area contributed by atoms with Gasteiger partial charge in [0.1, 0.15) is 5.60 Å². The van der Waals surface area contributed by atoms with Crippen LogP contribution >= 0.6 is 0 Å². The quantitative estimate of drug-likeness (QED) is 0.627. The molecule has 1 heterocycles. The number of rotatable bonds is 4. The monoisotopic (exact) mass is 280 g/mol. The average molecular weight is 280 g/mol. The first-order valence-electron chi connectivity index (χ1n) is 6.25. The largest absolute Gasteiger partial charge is 0.386 e. The number of nitrogens with one attached hydrogen (secondary N) is 1. The van der Waals surface area contributed by atoms with Crippen LogP contribution in [0.25, 0.3) is 0 Å². The summed E-state index contributed by atoms with van der Waals surface area (Å²) in [6.45, 7) is 2.41. The summed E-state index contributed by atoms with van der Waals surface area (Å²) in [5.41, 5.74) is -0.308. The molecule has 0 aromatic heterocycles. The average Bonchev–Trinajstić information content (AvgIpc) is 2.84. The molecule has 1 aliphatic heterocycles. The fourth-order valence-corrected chi connectivity index (χ4v) is 2.04. The predicted molar refractivity (Wildman–Crippen MR) is 70.6 cm³/mol. The van der Waals surface area contributed by atoms with Gasteiger partial charge in [0.05, 0.1) is 11.5 Å². The number of aliphatic hydroxyl groups is 1. The number of aryl methyl sites for hydroxylation is 1. The molecule has 0 saturated carbocycles. The van der Waals surface area contributed by atoms with Crippen molar-refractivity contribution in [3.05, 3.63) is 39.4 Å². The van der Waals surface area contributed by atoms with E-state index in [0.29, 0.717) is 18.6 Å². The molecule has 1 unspecified atom stereocenters. The number of hydrogen-bond donors (Lipinski definition) is 2. The van der Waals surface area contributed by atoms with E-state index in [1.54, 1.807) is 6.92 Å². The van der Waals surface area contributed by atoms with Crippen LogP contribution in [0.2, 0.25) is 0 Å². The first-order chi connectivity index (χ1) is 9.41. The number of benzene rings is 1. The molecule has 1 fully saturated rings. The van der Waals surface area contributed by atoms with Crippen LogP contribution in [-0.2, 0) is 4.74 Å². The lowest BCUT2D eigenvalue weighted by Crippen LogP contribution is -2.43. The number of carbonyl (C=O) groups is 1. The lowest BCUT2D eigenvalue weighted by molar-refractivity contribution is -0.384. The highest BCUT2D eigenvalue weighted by Crippen LogP contribution is 2.19. The Balaban J connectivity index is 2.08. The van der Waals surface area contributed by atoms with Gasteiger partial charge in [0.2, 0.25) is 0 Å². The molecule has 1 aromatic rings. The van der Waals surface area contributed by atoms with Gasteiger partial charge in [-0.3, -0.25) is 14.9 Å². The van der Waals surface area contributed by atoms with Crippen molar-refractivity contribution >= 4 is 11.6 Å². The van der Waals surface area contributed by atoms with Crippen LogP contribution in [0.4, 0.5) is 5.69 Å². The van der Waals surface area contributed by atoms with Crippen LogP contribution < -0.4 is 5.32 Å². The van der Waals surface area contributed by atoms with E-state index in [-0.39, 0.29) is 24.4 Å². The van der Waals surface area contributed by atoms with Gasteiger partial charge in [0, 0.05) is 37.3 Å². The molecule has 0 spiro atoms. The lowest BCUT2D eigenvalue weighted by atomic mass is 10.0. The minimum absolute atomic E-state index is 0.0635. The third kappa shape index (κ3) is 3.12. The van der Waals surface area contributed by atoms with Crippen molar-refractivity contribution in [3.63, 3.8) is 0 Å². The van der Waals surface area contributed by atoms with Crippen molar-refractivity contribution in [2.24, 2.45) is 0 Å². The summed E-state index contributed by atoms with van der Waals surface area (Å²) in [6, 6.07) is 4.12. The first-order valence-corrected chi connectivity index (χ1v) is 6.25. The topological polar surface area (TPSA) is 102 Å². The Bertz CT molecular complexity index is 538. The molecule has 0 bridgehead atoms. The number of carbonyl (C=O) groups excluding carboxylic acids is 1. The second-order valence-corrected chi connectivity index (χ2v) is 4.97. The van der Waals surface area contributed by atoms with E-state index < -0.39 is 16.4 Å². The number of nitro benzene ring substituents is 1. The number of amides is 1. The first kappa shape index (κ1) is 14.4. The van der Waals surface area contributed by atoms with Crippen molar-refractivity contribution in [3.8, 4) is 0 Å². The number of non-ortho nitro benzene ring substituents is 1. The van der Waals surface area contributed by atoms with Gasteiger partial charge in [0.25, 0.3) is 11.6 Å². The Hall–Kier alpha value is -1.99. The van der Waals surface area contributed by atoms with Crippen molar-refractivity contribution in [1.29, 1.82) is 0 Å². The molecule has 0 radical (unpaired) electrons. The van der Waals surface area contributed by atoms with Crippen molar-refractivity contribution in [1.82, 2.24) is 5.32 Å². The Morgan fingerprint density at radius 2 is 2.35 bits per heavy atom. The molecule has 2 N–H and O–H groups in total. The summed E-state index contributed by atoms with van der Waals surface area (Å²) in [7, 11) is 0. The molecule has 1 aliphatic rings. The summed E-state index contributed by atoms with van der Waals surface area (Å²) >= 11 is 0. The summed E-state index contributed by atoms with van der Waals surface area (Å²) in [5.74, 6) is -0.438. The number of ether oxygens (including phenoxy) is 1. The molecule has 7 nitrogen and oxygen atoms in total. The van der Waals surface area contributed by atoms with Crippen LogP contribution in [0.5, 0.6) is 0 Å². The maximum atomic E-state index is 12.1. The normalized spacial score (nSPS) is 21.7. The third-order valence-corrected chi connectivity index (χ3v) is 3.34. The molecule has 7 heteroatoms. The van der Waals surface area contributed by atoms with E-state index in [4.69, 9.17) is 4.74 Å². The number of hydrogen-bond acceptors (Lipinski definition) is 5. The van der Waals surface area contributed by atoms with E-state index in [1.165, 1.54) is 18.2 Å².